The van der Waals surface area contributed by atoms with Crippen molar-refractivity contribution < 1.29 is 52.7 Å². The molecule has 3 fully saturated rings. The van der Waals surface area contributed by atoms with Crippen molar-refractivity contribution in [2.75, 3.05) is 74.5 Å². The van der Waals surface area contributed by atoms with Gasteiger partial charge in [-0.1, -0.05) is 60.8 Å². The van der Waals surface area contributed by atoms with Gasteiger partial charge in [0.05, 0.1) is 32.7 Å². The largest absolute Gasteiger partial charge is 0.351 e. The number of carbonyl (C=O) groups excluding carboxylic acids is 11. The SMILES string of the molecule is CC[C@H](C)C1NC(=O)C(CC(C)C)N(C)C(=O)CC(C)NC(=O)C(C(C)C)N(C)C(=O)C2(CCCC2)NC(=O)C2CCCN2C(=O)CNC(=O)CN(C)C(=O)CN(C)C(=O)CN(C)C(=O)CNC1=O. The molecular weight excluding hydrogens is 895 g/mol. The highest BCUT2D eigenvalue weighted by Gasteiger charge is 2.49. The predicted octanol–water partition coefficient (Wildman–Crippen LogP) is -1.19. The van der Waals surface area contributed by atoms with E-state index in [2.05, 4.69) is 26.6 Å². The predicted molar refractivity (Wildman–Crippen MR) is 254 cm³/mol. The maximum Gasteiger partial charge on any atom is 0.248 e. The number of nitrogens with one attached hydrogen (secondary N) is 5. The summed E-state index contributed by atoms with van der Waals surface area (Å²) in [4.78, 5) is 157. The van der Waals surface area contributed by atoms with Gasteiger partial charge in [-0.2, -0.15) is 0 Å². The average molecular weight is 974 g/mol. The monoisotopic (exact) mass is 974 g/mol. The summed E-state index contributed by atoms with van der Waals surface area (Å²) in [6.45, 7) is 10.5. The molecule has 1 saturated carbocycles. The Morgan fingerprint density at radius 2 is 1.19 bits per heavy atom. The van der Waals surface area contributed by atoms with Gasteiger partial charge in [0.2, 0.25) is 65.0 Å². The van der Waals surface area contributed by atoms with Gasteiger partial charge in [0.1, 0.15) is 29.7 Å². The average Bonchev–Trinajstić information content (AvgIpc) is 3.98. The minimum atomic E-state index is -1.35. The second-order valence-corrected chi connectivity index (χ2v) is 20.0. The van der Waals surface area contributed by atoms with Gasteiger partial charge in [-0.15, -0.1) is 0 Å². The van der Waals surface area contributed by atoms with Gasteiger partial charge in [0.15, 0.2) is 0 Å². The molecule has 2 aliphatic heterocycles. The van der Waals surface area contributed by atoms with Gasteiger partial charge in [0, 0.05) is 54.2 Å². The first-order valence-electron chi connectivity index (χ1n) is 24.3. The number of likely N-dealkylation sites (N-methyl/N-ethyl adjacent to an activating group) is 5. The van der Waals surface area contributed by atoms with Gasteiger partial charge in [-0.3, -0.25) is 52.7 Å². The molecule has 11 amide bonds. The molecule has 3 aliphatic rings. The minimum absolute atomic E-state index is 0.0577. The van der Waals surface area contributed by atoms with Crippen LogP contribution in [0.4, 0.5) is 0 Å². The Kier molecular flexibility index (Phi) is 21.4. The van der Waals surface area contributed by atoms with E-state index in [0.29, 0.717) is 44.9 Å². The van der Waals surface area contributed by atoms with Crippen LogP contribution in [0.25, 0.3) is 0 Å². The summed E-state index contributed by atoms with van der Waals surface area (Å²) in [7, 11) is 7.04. The summed E-state index contributed by atoms with van der Waals surface area (Å²) >= 11 is 0. The summed E-state index contributed by atoms with van der Waals surface area (Å²) in [5.74, 6) is -7.13. The molecule has 0 aromatic carbocycles. The zero-order valence-electron chi connectivity index (χ0n) is 42.9. The molecular formula is C47H79N11O11. The Hall–Kier alpha value is -5.83. The van der Waals surface area contributed by atoms with E-state index in [1.165, 1.54) is 49.9 Å². The first-order valence-corrected chi connectivity index (χ1v) is 24.3. The van der Waals surface area contributed by atoms with Crippen LogP contribution < -0.4 is 26.6 Å². The molecule has 0 bridgehead atoms. The summed E-state index contributed by atoms with van der Waals surface area (Å²) in [5, 5.41) is 13.7. The number of fused-ring (bicyclic) bond motifs is 1. The molecule has 5 unspecified atom stereocenters. The maximum absolute atomic E-state index is 14.5. The number of hydrogen-bond donors (Lipinski definition) is 5. The molecule has 0 aromatic heterocycles. The van der Waals surface area contributed by atoms with Crippen LogP contribution in [-0.2, 0) is 52.7 Å². The molecule has 2 saturated heterocycles. The molecule has 0 radical (unpaired) electrons. The zero-order valence-corrected chi connectivity index (χ0v) is 42.9. The van der Waals surface area contributed by atoms with E-state index in [1.54, 1.807) is 27.7 Å². The Balaban J connectivity index is 1.95. The third-order valence-corrected chi connectivity index (χ3v) is 13.5. The maximum atomic E-state index is 14.5. The van der Waals surface area contributed by atoms with Crippen molar-refractivity contribution in [3.05, 3.63) is 0 Å². The number of hydrogen-bond acceptors (Lipinski definition) is 11. The number of rotatable bonds is 5. The quantitative estimate of drug-likeness (QED) is 0.219. The smallest absolute Gasteiger partial charge is 0.248 e. The van der Waals surface area contributed by atoms with E-state index in [9.17, 15) is 52.7 Å². The molecule has 22 heteroatoms. The van der Waals surface area contributed by atoms with E-state index in [4.69, 9.17) is 0 Å². The fraction of sp³-hybridized carbons (Fsp3) is 0.766. The fourth-order valence-electron chi connectivity index (χ4n) is 9.08. The van der Waals surface area contributed by atoms with E-state index in [1.807, 2.05) is 20.8 Å². The third kappa shape index (κ3) is 15.6. The van der Waals surface area contributed by atoms with Crippen molar-refractivity contribution in [3.8, 4) is 0 Å². The van der Waals surface area contributed by atoms with Crippen LogP contribution in [0.3, 0.4) is 0 Å². The van der Waals surface area contributed by atoms with Crippen molar-refractivity contribution in [2.45, 2.75) is 142 Å². The fourth-order valence-corrected chi connectivity index (χ4v) is 9.08. The summed E-state index contributed by atoms with van der Waals surface area (Å²) in [5.41, 5.74) is -1.35. The van der Waals surface area contributed by atoms with E-state index >= 15 is 0 Å². The molecule has 22 nitrogen and oxygen atoms in total. The number of amides is 11. The van der Waals surface area contributed by atoms with Crippen LogP contribution in [-0.4, -0.2) is 205 Å². The molecule has 3 rings (SSSR count). The van der Waals surface area contributed by atoms with Crippen molar-refractivity contribution in [1.82, 2.24) is 56.0 Å². The molecule has 2 heterocycles. The molecule has 6 atom stereocenters. The molecule has 5 N–H and O–H groups in total. The first kappa shape index (κ1) is 57.5. The van der Waals surface area contributed by atoms with Crippen LogP contribution >= 0.6 is 0 Å². The van der Waals surface area contributed by atoms with E-state index in [0.717, 1.165) is 14.7 Å². The van der Waals surface area contributed by atoms with Crippen LogP contribution in [0.15, 0.2) is 0 Å². The summed E-state index contributed by atoms with van der Waals surface area (Å²) < 4.78 is 0. The van der Waals surface area contributed by atoms with Crippen LogP contribution in [0.1, 0.15) is 106 Å². The highest BCUT2D eigenvalue weighted by molar-refractivity contribution is 5.98. The number of nitrogens with zero attached hydrogens (tertiary/aromatic N) is 6. The van der Waals surface area contributed by atoms with Crippen molar-refractivity contribution in [1.29, 1.82) is 0 Å². The van der Waals surface area contributed by atoms with Gasteiger partial charge in [0.25, 0.3) is 0 Å². The van der Waals surface area contributed by atoms with E-state index in [-0.39, 0.29) is 25.3 Å². The molecule has 69 heavy (non-hydrogen) atoms. The Bertz CT molecular complexity index is 1920. The van der Waals surface area contributed by atoms with Crippen LogP contribution in [0.5, 0.6) is 0 Å². The van der Waals surface area contributed by atoms with Gasteiger partial charge < -0.3 is 56.0 Å². The first-order chi connectivity index (χ1) is 32.2. The highest BCUT2D eigenvalue weighted by atomic mass is 16.2. The lowest BCUT2D eigenvalue weighted by Crippen LogP contribution is -2.64. The van der Waals surface area contributed by atoms with E-state index < -0.39 is 145 Å². The zero-order chi connectivity index (χ0) is 52.1. The Morgan fingerprint density at radius 1 is 0.623 bits per heavy atom. The minimum Gasteiger partial charge on any atom is -0.351 e. The van der Waals surface area contributed by atoms with Crippen molar-refractivity contribution >= 4 is 65.0 Å². The highest BCUT2D eigenvalue weighted by Crippen LogP contribution is 2.33. The number of carbonyl (C=O) groups is 11. The summed E-state index contributed by atoms with van der Waals surface area (Å²) in [6, 6.07) is -4.78. The lowest BCUT2D eigenvalue weighted by molar-refractivity contribution is -0.149. The lowest BCUT2D eigenvalue weighted by atomic mass is 9.92. The third-order valence-electron chi connectivity index (χ3n) is 13.5. The van der Waals surface area contributed by atoms with Crippen LogP contribution in [0, 0.1) is 17.8 Å². The Labute approximate surface area is 407 Å². The molecule has 388 valence electrons. The molecule has 1 aliphatic carbocycles. The van der Waals surface area contributed by atoms with Gasteiger partial charge in [-0.05, 0) is 56.8 Å². The normalized spacial score (nSPS) is 26.5. The van der Waals surface area contributed by atoms with Gasteiger partial charge in [-0.25, -0.2) is 0 Å². The van der Waals surface area contributed by atoms with Crippen molar-refractivity contribution in [2.24, 2.45) is 17.8 Å². The second kappa shape index (κ2) is 25.7. The van der Waals surface area contributed by atoms with Crippen molar-refractivity contribution in [3.63, 3.8) is 0 Å². The topological polar surface area (TPSA) is 267 Å². The molecule has 0 aromatic rings. The van der Waals surface area contributed by atoms with Gasteiger partial charge >= 0.3 is 0 Å². The summed E-state index contributed by atoms with van der Waals surface area (Å²) in [6.07, 6.45) is 3.21. The Morgan fingerprint density at radius 3 is 1.75 bits per heavy atom. The molecule has 1 spiro atoms. The second-order valence-electron chi connectivity index (χ2n) is 20.0. The standard InChI is InChI=1S/C47H79N11O11/c1-13-30(6)40-44(67)49-23-36(61)54(9)26-39(64)55(10)27-38(63)53(8)25-34(59)48-24-37(62)58-20-16-17-32(58)43(66)52-47(18-14-15-19-47)46(69)57(12)41(29(4)5)45(68)50-31(7)22-35(60)56(11)33(21-28(2)3)42(65)51-40/h28-33,40-41H,13-27H2,1-12H3,(H,48,59)(H,49,67)(H,50,68)(H,51,65)(H,52,66)/t30-,31?,32?,33?,40?,41?/m0/s1. The lowest BCUT2D eigenvalue weighted by Gasteiger charge is -2.39. The van der Waals surface area contributed by atoms with Crippen LogP contribution in [0.2, 0.25) is 0 Å².